The fraction of sp³-hybridized carbons (Fsp3) is 0.136. The Balaban J connectivity index is 1.97. The third-order valence-corrected chi connectivity index (χ3v) is 4.21. The van der Waals surface area contributed by atoms with Crippen LogP contribution in [0.2, 0.25) is 0 Å². The molecule has 0 amide bonds. The molecule has 2 heterocycles. The van der Waals surface area contributed by atoms with Gasteiger partial charge in [-0.15, -0.1) is 0 Å². The Hall–Kier alpha value is -3.27. The average Bonchev–Trinajstić information content (AvgIpc) is 3.14. The maximum atomic E-state index is 12.7. The first-order valence-electron chi connectivity index (χ1n) is 8.55. The second-order valence-corrected chi connectivity index (χ2v) is 6.08. The van der Waals surface area contributed by atoms with E-state index in [1.54, 1.807) is 18.4 Å². The van der Waals surface area contributed by atoms with Crippen LogP contribution in [0.5, 0.6) is 5.75 Å². The second kappa shape index (κ2) is 6.56. The smallest absolute Gasteiger partial charge is 0.193 e. The summed E-state index contributed by atoms with van der Waals surface area (Å²) in [5, 5.41) is 1.19. The Morgan fingerprint density at radius 3 is 2.65 bits per heavy atom. The molecule has 0 aliphatic rings. The number of benzene rings is 2. The largest absolute Gasteiger partial charge is 0.460 e. The van der Waals surface area contributed by atoms with Gasteiger partial charge >= 0.3 is 0 Å². The van der Waals surface area contributed by atoms with E-state index in [0.29, 0.717) is 28.1 Å². The summed E-state index contributed by atoms with van der Waals surface area (Å²) in [4.78, 5) is 12.7. The van der Waals surface area contributed by atoms with Crippen LogP contribution in [0.3, 0.4) is 0 Å². The molecule has 0 atom stereocenters. The molecular weight excluding hydrogens is 328 g/mol. The van der Waals surface area contributed by atoms with Crippen LogP contribution in [0.1, 0.15) is 20.3 Å². The second-order valence-electron chi connectivity index (χ2n) is 6.08. The molecule has 0 N–H and O–H groups in total. The molecule has 2 aromatic heterocycles. The topological polar surface area (TPSA) is 52.6 Å². The lowest BCUT2D eigenvalue weighted by atomic mass is 10.1. The zero-order chi connectivity index (χ0) is 18.1. The monoisotopic (exact) mass is 346 g/mol. The van der Waals surface area contributed by atoms with Gasteiger partial charge in [-0.25, -0.2) is 0 Å². The number of allylic oxidation sites excluding steroid dienone is 2. The molecule has 0 aliphatic heterocycles. The van der Waals surface area contributed by atoms with Crippen LogP contribution in [0.15, 0.2) is 80.3 Å². The highest BCUT2D eigenvalue weighted by Gasteiger charge is 2.16. The van der Waals surface area contributed by atoms with E-state index in [-0.39, 0.29) is 5.43 Å². The van der Waals surface area contributed by atoms with Crippen molar-refractivity contribution in [2.24, 2.45) is 0 Å². The summed E-state index contributed by atoms with van der Waals surface area (Å²) in [6.45, 7) is 3.92. The first kappa shape index (κ1) is 16.2. The van der Waals surface area contributed by atoms with Crippen LogP contribution in [0.25, 0.3) is 33.3 Å². The van der Waals surface area contributed by atoms with Crippen LogP contribution in [0.4, 0.5) is 0 Å². The minimum Gasteiger partial charge on any atom is -0.460 e. The molecule has 0 aliphatic carbocycles. The number of hydrogen-bond donors (Lipinski definition) is 0. The molecule has 4 nitrogen and oxygen atoms in total. The number of furan rings is 1. The van der Waals surface area contributed by atoms with Gasteiger partial charge in [-0.2, -0.15) is 0 Å². The quantitative estimate of drug-likeness (QED) is 0.432. The average molecular weight is 346 g/mol. The van der Waals surface area contributed by atoms with Crippen molar-refractivity contribution in [1.82, 2.24) is 0 Å². The molecule has 2 aromatic carbocycles. The molecule has 0 radical (unpaired) electrons. The molecule has 4 aromatic rings. The van der Waals surface area contributed by atoms with Crippen molar-refractivity contribution in [1.29, 1.82) is 0 Å². The molecule has 0 saturated carbocycles. The van der Waals surface area contributed by atoms with Crippen LogP contribution >= 0.6 is 0 Å². The molecular formula is C22H18O4. The van der Waals surface area contributed by atoms with Crippen LogP contribution in [0, 0.1) is 0 Å². The fourth-order valence-electron chi connectivity index (χ4n) is 3.04. The Morgan fingerprint density at radius 2 is 1.88 bits per heavy atom. The minimum atomic E-state index is -0.116. The van der Waals surface area contributed by atoms with Gasteiger partial charge in [0.05, 0.1) is 22.8 Å². The number of fused-ring (bicyclic) bond motifs is 3. The number of hydrogen-bond acceptors (Lipinski definition) is 4. The summed E-state index contributed by atoms with van der Waals surface area (Å²) in [6, 6.07) is 14.6. The van der Waals surface area contributed by atoms with Crippen molar-refractivity contribution in [3.63, 3.8) is 0 Å². The highest BCUT2D eigenvalue weighted by Crippen LogP contribution is 2.35. The van der Waals surface area contributed by atoms with E-state index < -0.39 is 0 Å². The third kappa shape index (κ3) is 2.80. The number of ether oxygens (including phenoxy) is 1. The van der Waals surface area contributed by atoms with E-state index in [0.717, 1.165) is 23.1 Å². The molecule has 130 valence electrons. The van der Waals surface area contributed by atoms with Gasteiger partial charge in [0, 0.05) is 11.6 Å². The highest BCUT2D eigenvalue weighted by molar-refractivity contribution is 6.05. The summed E-state index contributed by atoms with van der Waals surface area (Å²) in [5.74, 6) is 1.80. The van der Waals surface area contributed by atoms with Crippen molar-refractivity contribution < 1.29 is 13.6 Å². The lowest BCUT2D eigenvalue weighted by molar-refractivity contribution is 0.420. The maximum absolute atomic E-state index is 12.7. The van der Waals surface area contributed by atoms with Gasteiger partial charge in [-0.05, 0) is 31.6 Å². The van der Waals surface area contributed by atoms with Crippen LogP contribution in [-0.4, -0.2) is 0 Å². The van der Waals surface area contributed by atoms with Gasteiger partial charge in [0.1, 0.15) is 11.3 Å². The standard InChI is InChI=1S/C22H18O4/c1-3-7-14(2)25-20-12-17-18(23)13-19(15-8-5-4-6-9-15)26-21(17)16-10-11-24-22(16)20/h4-13H,3H2,1-2H3. The zero-order valence-corrected chi connectivity index (χ0v) is 14.6. The molecule has 0 fully saturated rings. The van der Waals surface area contributed by atoms with Crippen LogP contribution < -0.4 is 10.2 Å². The lowest BCUT2D eigenvalue weighted by Gasteiger charge is -2.09. The molecule has 0 spiro atoms. The van der Waals surface area contributed by atoms with Crippen molar-refractivity contribution >= 4 is 21.9 Å². The van der Waals surface area contributed by atoms with Gasteiger partial charge in [0.2, 0.25) is 0 Å². The summed E-state index contributed by atoms with van der Waals surface area (Å²) < 4.78 is 17.6. The predicted molar refractivity (Wildman–Crippen MR) is 102 cm³/mol. The van der Waals surface area contributed by atoms with Gasteiger partial charge in [0.15, 0.2) is 16.8 Å². The maximum Gasteiger partial charge on any atom is 0.193 e. The predicted octanol–water partition coefficient (Wildman–Crippen LogP) is 5.90. The van der Waals surface area contributed by atoms with Gasteiger partial charge in [-0.1, -0.05) is 37.3 Å². The van der Waals surface area contributed by atoms with Gasteiger partial charge in [0.25, 0.3) is 0 Å². The van der Waals surface area contributed by atoms with E-state index in [1.807, 2.05) is 50.3 Å². The number of rotatable bonds is 4. The van der Waals surface area contributed by atoms with Gasteiger partial charge < -0.3 is 13.6 Å². The Labute approximate surface area is 150 Å². The summed E-state index contributed by atoms with van der Waals surface area (Å²) in [7, 11) is 0. The molecule has 4 heteroatoms. The lowest BCUT2D eigenvalue weighted by Crippen LogP contribution is -2.02. The van der Waals surface area contributed by atoms with Crippen molar-refractivity contribution in [2.75, 3.05) is 0 Å². The molecule has 0 bridgehead atoms. The van der Waals surface area contributed by atoms with E-state index in [1.165, 1.54) is 6.07 Å². The highest BCUT2D eigenvalue weighted by atomic mass is 16.5. The Morgan fingerprint density at radius 1 is 1.08 bits per heavy atom. The SMILES string of the molecule is CCC=C(C)Oc1cc2c(=O)cc(-c3ccccc3)oc2c2ccoc12. The molecule has 26 heavy (non-hydrogen) atoms. The summed E-state index contributed by atoms with van der Waals surface area (Å²) in [5.41, 5.74) is 1.81. The van der Waals surface area contributed by atoms with Gasteiger partial charge in [-0.3, -0.25) is 4.79 Å². The van der Waals surface area contributed by atoms with E-state index in [4.69, 9.17) is 13.6 Å². The van der Waals surface area contributed by atoms with Crippen molar-refractivity contribution in [3.8, 4) is 17.1 Å². The van der Waals surface area contributed by atoms with E-state index in [9.17, 15) is 4.79 Å². The van der Waals surface area contributed by atoms with E-state index >= 15 is 0 Å². The minimum absolute atomic E-state index is 0.116. The third-order valence-electron chi connectivity index (χ3n) is 4.21. The van der Waals surface area contributed by atoms with Crippen LogP contribution in [-0.2, 0) is 0 Å². The molecule has 0 unspecified atom stereocenters. The normalized spacial score (nSPS) is 12.0. The first-order chi connectivity index (χ1) is 12.7. The van der Waals surface area contributed by atoms with E-state index in [2.05, 4.69) is 0 Å². The Kier molecular flexibility index (Phi) is 4.09. The molecule has 0 saturated heterocycles. The van der Waals surface area contributed by atoms with Crippen molar-refractivity contribution in [2.45, 2.75) is 20.3 Å². The first-order valence-corrected chi connectivity index (χ1v) is 8.55. The fourth-order valence-corrected chi connectivity index (χ4v) is 3.04. The zero-order valence-electron chi connectivity index (χ0n) is 14.6. The van der Waals surface area contributed by atoms with Crippen molar-refractivity contribution in [3.05, 3.63) is 76.9 Å². The Bertz CT molecular complexity index is 1160. The summed E-state index contributed by atoms with van der Waals surface area (Å²) in [6.07, 6.45) is 4.41. The molecule has 4 rings (SSSR count). The summed E-state index contributed by atoms with van der Waals surface area (Å²) >= 11 is 0.